The number of nitrogens with two attached hydrogens (primary N) is 1. The van der Waals surface area contributed by atoms with E-state index in [2.05, 4.69) is 0 Å². The Balaban J connectivity index is 2.93. The predicted octanol–water partition coefficient (Wildman–Crippen LogP) is 5.15. The first-order valence-electron chi connectivity index (χ1n) is 13.9. The molecule has 0 aliphatic heterocycles. The lowest BCUT2D eigenvalue weighted by molar-refractivity contribution is -0.168. The van der Waals surface area contributed by atoms with Crippen LogP contribution in [-0.4, -0.2) is 42.1 Å². The van der Waals surface area contributed by atoms with Crippen LogP contribution in [0, 0.1) is 17.8 Å². The van der Waals surface area contributed by atoms with Gasteiger partial charge in [0.1, 0.15) is 18.2 Å². The number of esters is 4. The average Bonchev–Trinajstić information content (AvgIpc) is 2.86. The van der Waals surface area contributed by atoms with Crippen molar-refractivity contribution in [1.82, 2.24) is 0 Å². The molecule has 9 heteroatoms. The van der Waals surface area contributed by atoms with Crippen molar-refractivity contribution in [3.63, 3.8) is 0 Å². The fraction of sp³-hybridized carbons (Fsp3) is 0.667. The zero-order valence-electron chi connectivity index (χ0n) is 24.8. The number of hydrogen-bond acceptors (Lipinski definition) is 9. The predicted molar refractivity (Wildman–Crippen MR) is 148 cm³/mol. The Morgan fingerprint density at radius 3 is 1.72 bits per heavy atom. The monoisotopic (exact) mass is 549 g/mol. The summed E-state index contributed by atoms with van der Waals surface area (Å²) in [6.07, 6.45) is 1.19. The lowest BCUT2D eigenvalue weighted by atomic mass is 10.1. The summed E-state index contributed by atoms with van der Waals surface area (Å²) in [4.78, 5) is 49.4. The molecule has 4 atom stereocenters. The molecular formula is C30H47NO8. The molecule has 0 fully saturated rings. The summed E-state index contributed by atoms with van der Waals surface area (Å²) in [5.74, 6) is -1.23. The van der Waals surface area contributed by atoms with Crippen molar-refractivity contribution in [2.75, 3.05) is 0 Å². The maximum absolute atomic E-state index is 12.6. The Hall–Kier alpha value is -2.94. The molecule has 1 aromatic carbocycles. The van der Waals surface area contributed by atoms with E-state index < -0.39 is 36.2 Å². The van der Waals surface area contributed by atoms with Crippen molar-refractivity contribution in [1.29, 1.82) is 0 Å². The highest BCUT2D eigenvalue weighted by Gasteiger charge is 2.26. The largest absolute Gasteiger partial charge is 0.459 e. The number of carbonyl (C=O) groups is 4. The van der Waals surface area contributed by atoms with E-state index >= 15 is 0 Å². The molecule has 0 aliphatic carbocycles. The Morgan fingerprint density at radius 1 is 0.744 bits per heavy atom. The quantitative estimate of drug-likeness (QED) is 0.220. The minimum Gasteiger partial charge on any atom is -0.459 e. The first-order chi connectivity index (χ1) is 18.2. The molecule has 1 rings (SSSR count). The normalized spacial score (nSPS) is 14.3. The Bertz CT molecular complexity index is 958. The Labute approximate surface area is 233 Å². The van der Waals surface area contributed by atoms with Gasteiger partial charge in [-0.2, -0.15) is 0 Å². The third-order valence-corrected chi connectivity index (χ3v) is 6.35. The van der Waals surface area contributed by atoms with Gasteiger partial charge in [0.25, 0.3) is 0 Å². The van der Waals surface area contributed by atoms with Gasteiger partial charge < -0.3 is 24.7 Å². The van der Waals surface area contributed by atoms with Gasteiger partial charge in [0.05, 0.1) is 5.92 Å². The van der Waals surface area contributed by atoms with Crippen LogP contribution in [0.1, 0.15) is 93.1 Å². The molecule has 0 radical (unpaired) electrons. The van der Waals surface area contributed by atoms with Gasteiger partial charge in [-0.15, -0.1) is 0 Å². The number of rotatable bonds is 16. The van der Waals surface area contributed by atoms with Crippen molar-refractivity contribution in [2.24, 2.45) is 23.5 Å². The molecule has 0 saturated heterocycles. The van der Waals surface area contributed by atoms with Gasteiger partial charge in [-0.1, -0.05) is 47.6 Å². The summed E-state index contributed by atoms with van der Waals surface area (Å²) in [5.41, 5.74) is 6.71. The van der Waals surface area contributed by atoms with E-state index in [1.807, 2.05) is 34.6 Å². The summed E-state index contributed by atoms with van der Waals surface area (Å²) in [7, 11) is 0. The molecule has 0 saturated carbocycles. The topological polar surface area (TPSA) is 131 Å². The number of benzene rings is 1. The smallest absolute Gasteiger partial charge is 0.323 e. The van der Waals surface area contributed by atoms with Gasteiger partial charge in [0, 0.05) is 12.8 Å². The first-order valence-corrected chi connectivity index (χ1v) is 13.9. The molecule has 9 nitrogen and oxygen atoms in total. The van der Waals surface area contributed by atoms with Crippen LogP contribution in [-0.2, 0) is 35.1 Å². The van der Waals surface area contributed by atoms with E-state index in [-0.39, 0.29) is 42.6 Å². The van der Waals surface area contributed by atoms with E-state index in [0.29, 0.717) is 36.7 Å². The Kier molecular flexibility index (Phi) is 14.8. The molecule has 0 spiro atoms. The van der Waals surface area contributed by atoms with E-state index in [1.54, 1.807) is 32.9 Å². The van der Waals surface area contributed by atoms with Gasteiger partial charge in [-0.3, -0.25) is 19.2 Å². The van der Waals surface area contributed by atoms with Crippen molar-refractivity contribution in [3.8, 4) is 11.5 Å². The maximum Gasteiger partial charge on any atom is 0.323 e. The molecule has 0 aliphatic rings. The van der Waals surface area contributed by atoms with E-state index in [1.165, 1.54) is 6.07 Å². The second kappa shape index (κ2) is 16.9. The SMILES string of the molecule is CCC(C)C(=O)O[C@@H](C)[C@H](C)OC(=O)[C@@H](N)Cc1ccc(OC(=O)CCC(C)C)c(OC(=O)CCC(C)C)c1. The number of hydrogen-bond donors (Lipinski definition) is 1. The molecule has 39 heavy (non-hydrogen) atoms. The number of ether oxygens (including phenoxy) is 4. The van der Waals surface area contributed by atoms with Crippen molar-refractivity contribution in [2.45, 2.75) is 112 Å². The minimum atomic E-state index is -1.02. The maximum atomic E-state index is 12.6. The minimum absolute atomic E-state index is 0.0880. The lowest BCUT2D eigenvalue weighted by Crippen LogP contribution is -2.40. The molecule has 0 bridgehead atoms. The highest BCUT2D eigenvalue weighted by atomic mass is 16.6. The van der Waals surface area contributed by atoms with Gasteiger partial charge in [0.2, 0.25) is 0 Å². The zero-order valence-corrected chi connectivity index (χ0v) is 24.8. The molecule has 0 aromatic heterocycles. The van der Waals surface area contributed by atoms with Crippen LogP contribution in [0.2, 0.25) is 0 Å². The van der Waals surface area contributed by atoms with E-state index in [4.69, 9.17) is 24.7 Å². The molecule has 220 valence electrons. The van der Waals surface area contributed by atoms with Crippen LogP contribution in [0.25, 0.3) is 0 Å². The fourth-order valence-corrected chi connectivity index (χ4v) is 3.27. The Morgan fingerprint density at radius 2 is 1.23 bits per heavy atom. The fourth-order valence-electron chi connectivity index (χ4n) is 3.27. The van der Waals surface area contributed by atoms with Crippen LogP contribution >= 0.6 is 0 Å². The first kappa shape index (κ1) is 34.1. The van der Waals surface area contributed by atoms with Gasteiger partial charge in [-0.05, 0) is 69.1 Å². The van der Waals surface area contributed by atoms with Crippen LogP contribution < -0.4 is 15.2 Å². The second-order valence-electron chi connectivity index (χ2n) is 11.0. The van der Waals surface area contributed by atoms with Crippen LogP contribution in [0.3, 0.4) is 0 Å². The van der Waals surface area contributed by atoms with Crippen LogP contribution in [0.15, 0.2) is 18.2 Å². The van der Waals surface area contributed by atoms with Gasteiger partial charge in [-0.25, -0.2) is 0 Å². The molecule has 0 heterocycles. The van der Waals surface area contributed by atoms with E-state index in [9.17, 15) is 19.2 Å². The van der Waals surface area contributed by atoms with Crippen LogP contribution in [0.5, 0.6) is 11.5 Å². The summed E-state index contributed by atoms with van der Waals surface area (Å²) in [6.45, 7) is 15.0. The molecule has 0 amide bonds. The zero-order chi connectivity index (χ0) is 29.7. The molecule has 2 N–H and O–H groups in total. The number of carbonyl (C=O) groups excluding carboxylic acids is 4. The van der Waals surface area contributed by atoms with Crippen LogP contribution in [0.4, 0.5) is 0 Å². The standard InChI is InChI=1S/C30H47NO8/c1-9-20(6)29(34)36-21(7)22(8)37-30(35)24(31)16-23-12-13-25(38-27(32)14-10-18(2)3)26(17-23)39-28(33)15-11-19(4)5/h12-13,17-22,24H,9-11,14-16,31H2,1-8H3/t20?,21-,22-,24-/m0/s1. The highest BCUT2D eigenvalue weighted by molar-refractivity contribution is 5.77. The van der Waals surface area contributed by atoms with Crippen molar-refractivity contribution >= 4 is 23.9 Å². The van der Waals surface area contributed by atoms with E-state index in [0.717, 1.165) is 0 Å². The third kappa shape index (κ3) is 13.1. The average molecular weight is 550 g/mol. The lowest BCUT2D eigenvalue weighted by Gasteiger charge is -2.23. The summed E-state index contributed by atoms with van der Waals surface area (Å²) in [5, 5.41) is 0. The highest BCUT2D eigenvalue weighted by Crippen LogP contribution is 2.30. The van der Waals surface area contributed by atoms with Gasteiger partial charge in [0.15, 0.2) is 11.5 Å². The molecule has 1 aromatic rings. The summed E-state index contributed by atoms with van der Waals surface area (Å²) >= 11 is 0. The summed E-state index contributed by atoms with van der Waals surface area (Å²) in [6, 6.07) is 3.72. The third-order valence-electron chi connectivity index (χ3n) is 6.35. The second-order valence-corrected chi connectivity index (χ2v) is 11.0. The molecular weight excluding hydrogens is 502 g/mol. The van der Waals surface area contributed by atoms with Gasteiger partial charge >= 0.3 is 23.9 Å². The van der Waals surface area contributed by atoms with Crippen molar-refractivity contribution < 1.29 is 38.1 Å². The summed E-state index contributed by atoms with van der Waals surface area (Å²) < 4.78 is 21.8. The molecule has 1 unspecified atom stereocenters. The van der Waals surface area contributed by atoms with Crippen molar-refractivity contribution in [3.05, 3.63) is 23.8 Å².